The van der Waals surface area contributed by atoms with E-state index in [2.05, 4.69) is 10.3 Å². The fourth-order valence-corrected chi connectivity index (χ4v) is 6.57. The summed E-state index contributed by atoms with van der Waals surface area (Å²) >= 11 is 1.98. The highest BCUT2D eigenvalue weighted by molar-refractivity contribution is 14.1. The van der Waals surface area contributed by atoms with E-state index >= 15 is 0 Å². The lowest BCUT2D eigenvalue weighted by Gasteiger charge is -2.39. The zero-order valence-electron chi connectivity index (χ0n) is 22.9. The van der Waals surface area contributed by atoms with Crippen molar-refractivity contribution < 1.29 is 31.6 Å². The Balaban J connectivity index is 1.66. The number of aromatic nitrogens is 1. The van der Waals surface area contributed by atoms with Crippen LogP contribution in [0.1, 0.15) is 42.9 Å². The number of carbonyl (C=O) groups is 3. The molecular weight excluding hydrogens is 709 g/mol. The SMILES string of the molecule is N#Cc1ccnc(N2C(=O)CC[C@H]2C(=O)N(c2cccc(S(N)(=O)=O)c2)[C@H](C(=O)NC2CC(F)(F)C2)c2ccccc2I)c1. The maximum atomic E-state index is 14.6. The predicted molar refractivity (Wildman–Crippen MR) is 163 cm³/mol. The van der Waals surface area contributed by atoms with Gasteiger partial charge in [0, 0.05) is 40.8 Å². The number of hydrogen-bond acceptors (Lipinski definition) is 7. The summed E-state index contributed by atoms with van der Waals surface area (Å²) in [4.78, 5) is 47.8. The van der Waals surface area contributed by atoms with Crippen molar-refractivity contribution in [1.82, 2.24) is 10.3 Å². The number of nitrogens with zero attached hydrogens (tertiary/aromatic N) is 4. The van der Waals surface area contributed by atoms with Gasteiger partial charge in [-0.3, -0.25) is 24.2 Å². The number of nitriles is 1. The van der Waals surface area contributed by atoms with Gasteiger partial charge in [0.15, 0.2) is 0 Å². The lowest BCUT2D eigenvalue weighted by atomic mass is 9.87. The van der Waals surface area contributed by atoms with Crippen LogP contribution in [0.4, 0.5) is 20.3 Å². The van der Waals surface area contributed by atoms with Crippen molar-refractivity contribution in [3.63, 3.8) is 0 Å². The number of rotatable bonds is 8. The topological polar surface area (TPSA) is 167 Å². The first kappa shape index (κ1) is 31.4. The van der Waals surface area contributed by atoms with Crippen molar-refractivity contribution in [3.05, 3.63) is 81.6 Å². The van der Waals surface area contributed by atoms with E-state index in [1.807, 2.05) is 28.7 Å². The summed E-state index contributed by atoms with van der Waals surface area (Å²) in [5, 5.41) is 17.4. The molecule has 11 nitrogen and oxygen atoms in total. The molecule has 1 saturated carbocycles. The van der Waals surface area contributed by atoms with Crippen molar-refractivity contribution >= 4 is 61.8 Å². The summed E-state index contributed by atoms with van der Waals surface area (Å²) in [7, 11) is -4.25. The van der Waals surface area contributed by atoms with Crippen molar-refractivity contribution in [3.8, 4) is 6.07 Å². The molecule has 1 aliphatic heterocycles. The molecule has 2 aromatic carbocycles. The van der Waals surface area contributed by atoms with E-state index in [-0.39, 0.29) is 34.8 Å². The van der Waals surface area contributed by atoms with Crippen LogP contribution in [-0.4, -0.2) is 49.1 Å². The van der Waals surface area contributed by atoms with Crippen LogP contribution in [-0.2, 0) is 24.4 Å². The average molecular weight is 735 g/mol. The molecule has 1 aromatic heterocycles. The first-order chi connectivity index (χ1) is 20.8. The summed E-state index contributed by atoms with van der Waals surface area (Å²) in [6.07, 6.45) is 0.161. The minimum Gasteiger partial charge on any atom is -0.351 e. The minimum atomic E-state index is -4.25. The van der Waals surface area contributed by atoms with Gasteiger partial charge in [-0.05, 0) is 71.0 Å². The second-order valence-electron chi connectivity index (χ2n) is 10.5. The molecule has 2 fully saturated rings. The molecule has 2 heterocycles. The number of pyridine rings is 1. The van der Waals surface area contributed by atoms with Crippen molar-refractivity contribution in [2.75, 3.05) is 9.80 Å². The van der Waals surface area contributed by atoms with Gasteiger partial charge in [-0.15, -0.1) is 0 Å². The molecule has 2 aliphatic rings. The van der Waals surface area contributed by atoms with Crippen molar-refractivity contribution in [1.29, 1.82) is 5.26 Å². The highest BCUT2D eigenvalue weighted by Gasteiger charge is 2.48. The standard InChI is InChI=1S/C29H25F2IN6O5S/c30-29(31)14-18(15-29)36-27(40)26(21-6-1-2-7-22(21)32)37(19-4-3-5-20(13-19)44(34,42)43)28(41)23-8-9-25(39)38(23)24-12-17(16-33)10-11-35-24/h1-7,10-13,18,23,26H,8-9,14-15H2,(H,36,40)(H2,34,42,43)/t23-,26-/m0/s1. The van der Waals surface area contributed by atoms with Crippen LogP contribution in [0.2, 0.25) is 0 Å². The number of benzene rings is 2. The molecule has 3 aromatic rings. The minimum absolute atomic E-state index is 0.0244. The number of carbonyl (C=O) groups excluding carboxylic acids is 3. The Hall–Kier alpha value is -4.01. The lowest BCUT2D eigenvalue weighted by molar-refractivity contribution is -0.133. The van der Waals surface area contributed by atoms with E-state index in [1.165, 1.54) is 36.5 Å². The number of anilines is 2. The molecular formula is C29H25F2IN6O5S. The molecule has 1 saturated heterocycles. The summed E-state index contributed by atoms with van der Waals surface area (Å²) < 4.78 is 52.5. The molecule has 0 radical (unpaired) electrons. The highest BCUT2D eigenvalue weighted by atomic mass is 127. The third-order valence-corrected chi connectivity index (χ3v) is 9.32. The Labute approximate surface area is 265 Å². The molecule has 2 atom stereocenters. The number of hydrogen-bond donors (Lipinski definition) is 2. The molecule has 44 heavy (non-hydrogen) atoms. The predicted octanol–water partition coefficient (Wildman–Crippen LogP) is 3.39. The Bertz CT molecular complexity index is 1790. The quantitative estimate of drug-likeness (QED) is 0.335. The largest absolute Gasteiger partial charge is 0.351 e. The lowest BCUT2D eigenvalue weighted by Crippen LogP contribution is -2.56. The molecule has 0 unspecified atom stereocenters. The molecule has 3 N–H and O–H groups in total. The van der Waals surface area contributed by atoms with Crippen LogP contribution in [0, 0.1) is 14.9 Å². The van der Waals surface area contributed by atoms with E-state index in [1.54, 1.807) is 24.3 Å². The first-order valence-corrected chi connectivity index (χ1v) is 16.0. The van der Waals surface area contributed by atoms with E-state index in [0.29, 0.717) is 9.13 Å². The number of nitrogens with one attached hydrogen (secondary N) is 1. The van der Waals surface area contributed by atoms with Crippen LogP contribution in [0.15, 0.2) is 71.8 Å². The van der Waals surface area contributed by atoms with Crippen LogP contribution in [0.3, 0.4) is 0 Å². The van der Waals surface area contributed by atoms with Crippen LogP contribution >= 0.6 is 22.6 Å². The summed E-state index contributed by atoms with van der Waals surface area (Å²) in [6.45, 7) is 0. The van der Waals surface area contributed by atoms with Crippen LogP contribution < -0.4 is 20.3 Å². The third-order valence-electron chi connectivity index (χ3n) is 7.42. The normalized spacial score (nSPS) is 18.7. The van der Waals surface area contributed by atoms with Gasteiger partial charge in [-0.1, -0.05) is 24.3 Å². The Morgan fingerprint density at radius 3 is 2.55 bits per heavy atom. The van der Waals surface area contributed by atoms with Crippen molar-refractivity contribution in [2.24, 2.45) is 5.14 Å². The molecule has 15 heteroatoms. The maximum absolute atomic E-state index is 14.6. The average Bonchev–Trinajstić information content (AvgIpc) is 3.36. The summed E-state index contributed by atoms with van der Waals surface area (Å²) in [5.41, 5.74) is 0.511. The maximum Gasteiger partial charge on any atom is 0.252 e. The fourth-order valence-electron chi connectivity index (χ4n) is 5.34. The van der Waals surface area contributed by atoms with Gasteiger partial charge in [0.2, 0.25) is 21.8 Å². The second-order valence-corrected chi connectivity index (χ2v) is 13.2. The van der Waals surface area contributed by atoms with Gasteiger partial charge in [0.25, 0.3) is 11.8 Å². The molecule has 1 aliphatic carbocycles. The van der Waals surface area contributed by atoms with Gasteiger partial charge >= 0.3 is 0 Å². The van der Waals surface area contributed by atoms with E-state index in [9.17, 15) is 36.8 Å². The summed E-state index contributed by atoms with van der Waals surface area (Å²) in [6, 6.07) is 13.0. The molecule has 5 rings (SSSR count). The van der Waals surface area contributed by atoms with Crippen LogP contribution in [0.5, 0.6) is 0 Å². The molecule has 0 bridgehead atoms. The fraction of sp³-hybridized carbons (Fsp3) is 0.276. The number of sulfonamides is 1. The third kappa shape index (κ3) is 6.42. The molecule has 3 amide bonds. The number of alkyl halides is 2. The summed E-state index contributed by atoms with van der Waals surface area (Å²) in [5.74, 6) is -4.86. The van der Waals surface area contributed by atoms with E-state index < -0.39 is 64.6 Å². The number of primary sulfonamides is 1. The van der Waals surface area contributed by atoms with Crippen molar-refractivity contribution in [2.45, 2.75) is 54.6 Å². The number of halogens is 3. The number of nitrogens with two attached hydrogens (primary N) is 1. The zero-order valence-corrected chi connectivity index (χ0v) is 25.8. The Morgan fingerprint density at radius 1 is 1.16 bits per heavy atom. The van der Waals surface area contributed by atoms with Gasteiger partial charge in [0.05, 0.1) is 16.5 Å². The second kappa shape index (κ2) is 12.2. The molecule has 0 spiro atoms. The monoisotopic (exact) mass is 734 g/mol. The number of amides is 3. The van der Waals surface area contributed by atoms with E-state index in [0.717, 1.165) is 15.9 Å². The first-order valence-electron chi connectivity index (χ1n) is 13.4. The van der Waals surface area contributed by atoms with Gasteiger partial charge in [-0.25, -0.2) is 27.3 Å². The Morgan fingerprint density at radius 2 is 1.89 bits per heavy atom. The molecule has 228 valence electrons. The van der Waals surface area contributed by atoms with Crippen LogP contribution in [0.25, 0.3) is 0 Å². The van der Waals surface area contributed by atoms with Gasteiger partial charge in [0.1, 0.15) is 17.9 Å². The zero-order chi connectivity index (χ0) is 31.8. The van der Waals surface area contributed by atoms with Gasteiger partial charge < -0.3 is 5.32 Å². The highest BCUT2D eigenvalue weighted by Crippen LogP contribution is 2.39. The van der Waals surface area contributed by atoms with Gasteiger partial charge in [-0.2, -0.15) is 5.26 Å². The Kier molecular flexibility index (Phi) is 8.69. The van der Waals surface area contributed by atoms with E-state index in [4.69, 9.17) is 5.14 Å². The smallest absolute Gasteiger partial charge is 0.252 e.